The van der Waals surface area contributed by atoms with Crippen molar-refractivity contribution in [2.75, 3.05) is 33.2 Å². The van der Waals surface area contributed by atoms with Gasteiger partial charge in [0.25, 0.3) is 0 Å². The number of likely N-dealkylation sites (N-methyl/N-ethyl adjacent to an activating group) is 1. The Kier molecular flexibility index (Phi) is 6.72. The van der Waals surface area contributed by atoms with Gasteiger partial charge in [-0.2, -0.15) is 0 Å². The number of nitrogens with zero attached hydrogens (tertiary/aromatic N) is 2. The second-order valence-corrected chi connectivity index (χ2v) is 4.94. The highest BCUT2D eigenvalue weighted by Crippen LogP contribution is 2.11. The van der Waals surface area contributed by atoms with E-state index in [9.17, 15) is 9.59 Å². The first-order chi connectivity index (χ1) is 8.65. The van der Waals surface area contributed by atoms with Crippen molar-refractivity contribution in [3.05, 3.63) is 0 Å². The van der Waals surface area contributed by atoms with Crippen molar-refractivity contribution in [1.29, 1.82) is 0 Å². The Hall–Kier alpha value is -1.10. The first-order valence-electron chi connectivity index (χ1n) is 6.87. The van der Waals surface area contributed by atoms with E-state index in [-0.39, 0.29) is 18.4 Å². The Morgan fingerprint density at radius 3 is 2.78 bits per heavy atom. The summed E-state index contributed by atoms with van der Waals surface area (Å²) in [7, 11) is 1.77. The van der Waals surface area contributed by atoms with Crippen LogP contribution < -0.4 is 5.73 Å². The van der Waals surface area contributed by atoms with Crippen LogP contribution in [0, 0.1) is 0 Å². The highest BCUT2D eigenvalue weighted by molar-refractivity contribution is 5.84. The third-order valence-corrected chi connectivity index (χ3v) is 3.37. The molecule has 0 atom stereocenters. The van der Waals surface area contributed by atoms with E-state index < -0.39 is 0 Å². The van der Waals surface area contributed by atoms with Crippen LogP contribution in [0.25, 0.3) is 0 Å². The van der Waals surface area contributed by atoms with Gasteiger partial charge in [0.15, 0.2) is 0 Å². The molecule has 0 radical (unpaired) electrons. The van der Waals surface area contributed by atoms with Crippen LogP contribution in [0.2, 0.25) is 0 Å². The number of rotatable bonds is 5. The molecule has 2 N–H and O–H groups in total. The van der Waals surface area contributed by atoms with E-state index in [2.05, 4.69) is 0 Å². The first-order valence-corrected chi connectivity index (χ1v) is 6.87. The van der Waals surface area contributed by atoms with E-state index in [0.717, 1.165) is 38.6 Å². The lowest BCUT2D eigenvalue weighted by atomic mass is 10.1. The summed E-state index contributed by atoms with van der Waals surface area (Å²) in [6.07, 6.45) is 5.62. The lowest BCUT2D eigenvalue weighted by Gasteiger charge is -2.26. The predicted octanol–water partition coefficient (Wildman–Crippen LogP) is 0.586. The molecule has 2 amide bonds. The predicted molar refractivity (Wildman–Crippen MR) is 71.0 cm³/mol. The Balaban J connectivity index is 2.42. The SMILES string of the molecule is CN(CCCN)C(=O)CN1CCCCCCC1=O. The smallest absolute Gasteiger partial charge is 0.241 e. The van der Waals surface area contributed by atoms with Crippen LogP contribution in [0.1, 0.15) is 38.5 Å². The quantitative estimate of drug-likeness (QED) is 0.781. The summed E-state index contributed by atoms with van der Waals surface area (Å²) in [5.41, 5.74) is 5.42. The molecule has 1 saturated heterocycles. The zero-order valence-corrected chi connectivity index (χ0v) is 11.4. The monoisotopic (exact) mass is 255 g/mol. The van der Waals surface area contributed by atoms with Gasteiger partial charge in [0.05, 0.1) is 6.54 Å². The molecule has 0 saturated carbocycles. The van der Waals surface area contributed by atoms with Gasteiger partial charge in [0.2, 0.25) is 11.8 Å². The van der Waals surface area contributed by atoms with E-state index in [4.69, 9.17) is 5.73 Å². The minimum Gasteiger partial charge on any atom is -0.344 e. The standard InChI is InChI=1S/C13H25N3O2/c1-15(9-6-8-14)13(18)11-16-10-5-3-2-4-7-12(16)17/h2-11,14H2,1H3. The van der Waals surface area contributed by atoms with Crippen molar-refractivity contribution < 1.29 is 9.59 Å². The van der Waals surface area contributed by atoms with Crippen molar-refractivity contribution >= 4 is 11.8 Å². The van der Waals surface area contributed by atoms with Crippen LogP contribution in [0.3, 0.4) is 0 Å². The summed E-state index contributed by atoms with van der Waals surface area (Å²) in [5, 5.41) is 0. The maximum atomic E-state index is 12.0. The number of hydrogen-bond acceptors (Lipinski definition) is 3. The number of carbonyl (C=O) groups is 2. The molecule has 104 valence electrons. The molecule has 0 aliphatic carbocycles. The van der Waals surface area contributed by atoms with Crippen molar-refractivity contribution in [1.82, 2.24) is 9.80 Å². The molecule has 1 aliphatic rings. The van der Waals surface area contributed by atoms with Gasteiger partial charge in [0.1, 0.15) is 0 Å². The average Bonchev–Trinajstić information content (AvgIpc) is 2.35. The van der Waals surface area contributed by atoms with Gasteiger partial charge in [-0.15, -0.1) is 0 Å². The highest BCUT2D eigenvalue weighted by Gasteiger charge is 2.19. The van der Waals surface area contributed by atoms with Crippen LogP contribution in [0.15, 0.2) is 0 Å². The third kappa shape index (κ3) is 5.04. The maximum absolute atomic E-state index is 12.0. The molecule has 5 heteroatoms. The van der Waals surface area contributed by atoms with Gasteiger partial charge < -0.3 is 15.5 Å². The van der Waals surface area contributed by atoms with Crippen molar-refractivity contribution in [3.63, 3.8) is 0 Å². The van der Waals surface area contributed by atoms with Gasteiger partial charge in [-0.1, -0.05) is 12.8 Å². The normalized spacial score (nSPS) is 17.2. The molecule has 1 heterocycles. The summed E-state index contributed by atoms with van der Waals surface area (Å²) in [4.78, 5) is 27.2. The Bertz CT molecular complexity index is 281. The average molecular weight is 255 g/mol. The summed E-state index contributed by atoms with van der Waals surface area (Å²) in [6, 6.07) is 0. The fourth-order valence-corrected chi connectivity index (χ4v) is 2.12. The Morgan fingerprint density at radius 1 is 1.33 bits per heavy atom. The van der Waals surface area contributed by atoms with E-state index in [1.165, 1.54) is 0 Å². The van der Waals surface area contributed by atoms with Crippen LogP contribution in [0.5, 0.6) is 0 Å². The zero-order valence-electron chi connectivity index (χ0n) is 11.4. The first kappa shape index (κ1) is 15.0. The molecular weight excluding hydrogens is 230 g/mol. The molecule has 0 bridgehead atoms. The number of nitrogens with two attached hydrogens (primary N) is 1. The fourth-order valence-electron chi connectivity index (χ4n) is 2.12. The van der Waals surface area contributed by atoms with E-state index >= 15 is 0 Å². The van der Waals surface area contributed by atoms with Gasteiger partial charge in [-0.3, -0.25) is 9.59 Å². The van der Waals surface area contributed by atoms with Crippen LogP contribution in [-0.2, 0) is 9.59 Å². The zero-order chi connectivity index (χ0) is 13.4. The maximum Gasteiger partial charge on any atom is 0.241 e. The molecule has 1 rings (SSSR count). The molecule has 0 aromatic rings. The summed E-state index contributed by atoms with van der Waals surface area (Å²) >= 11 is 0. The van der Waals surface area contributed by atoms with Gasteiger partial charge in [-0.25, -0.2) is 0 Å². The second-order valence-electron chi connectivity index (χ2n) is 4.94. The minimum absolute atomic E-state index is 0.0115. The van der Waals surface area contributed by atoms with Crippen LogP contribution in [0.4, 0.5) is 0 Å². The molecule has 18 heavy (non-hydrogen) atoms. The second kappa shape index (κ2) is 8.08. The lowest BCUT2D eigenvalue weighted by Crippen LogP contribution is -2.42. The topological polar surface area (TPSA) is 66.6 Å². The summed E-state index contributed by atoms with van der Waals surface area (Å²) in [6.45, 7) is 2.19. The summed E-state index contributed by atoms with van der Waals surface area (Å²) in [5.74, 6) is 0.132. The van der Waals surface area contributed by atoms with Gasteiger partial charge in [0, 0.05) is 26.6 Å². The van der Waals surface area contributed by atoms with E-state index in [0.29, 0.717) is 19.5 Å². The molecular formula is C13H25N3O2. The molecule has 0 unspecified atom stereocenters. The van der Waals surface area contributed by atoms with Gasteiger partial charge in [-0.05, 0) is 25.8 Å². The van der Waals surface area contributed by atoms with Crippen molar-refractivity contribution in [2.24, 2.45) is 5.73 Å². The molecule has 1 fully saturated rings. The van der Waals surface area contributed by atoms with Crippen LogP contribution in [-0.4, -0.2) is 54.8 Å². The fraction of sp³-hybridized carbons (Fsp3) is 0.846. The number of likely N-dealkylation sites (tertiary alicyclic amines) is 1. The summed E-state index contributed by atoms with van der Waals surface area (Å²) < 4.78 is 0. The molecule has 1 aliphatic heterocycles. The molecule has 0 aromatic carbocycles. The molecule has 0 spiro atoms. The third-order valence-electron chi connectivity index (χ3n) is 3.37. The Labute approximate surface area is 109 Å². The van der Waals surface area contributed by atoms with Crippen molar-refractivity contribution in [3.8, 4) is 0 Å². The van der Waals surface area contributed by atoms with E-state index in [1.54, 1.807) is 16.8 Å². The lowest BCUT2D eigenvalue weighted by molar-refractivity contribution is -0.140. The van der Waals surface area contributed by atoms with Gasteiger partial charge >= 0.3 is 0 Å². The molecule has 5 nitrogen and oxygen atoms in total. The number of amides is 2. The minimum atomic E-state index is 0.0115. The highest BCUT2D eigenvalue weighted by atomic mass is 16.2. The number of carbonyl (C=O) groups excluding carboxylic acids is 2. The Morgan fingerprint density at radius 2 is 2.06 bits per heavy atom. The largest absolute Gasteiger partial charge is 0.344 e. The molecule has 0 aromatic heterocycles. The number of hydrogen-bond donors (Lipinski definition) is 1. The van der Waals surface area contributed by atoms with Crippen LogP contribution >= 0.6 is 0 Å². The van der Waals surface area contributed by atoms with Crippen molar-refractivity contribution in [2.45, 2.75) is 38.5 Å². The van der Waals surface area contributed by atoms with E-state index in [1.807, 2.05) is 0 Å².